The van der Waals surface area contributed by atoms with Crippen LogP contribution in [0.15, 0.2) is 24.3 Å². The van der Waals surface area contributed by atoms with Crippen molar-refractivity contribution in [2.75, 3.05) is 32.8 Å². The summed E-state index contributed by atoms with van der Waals surface area (Å²) in [5.41, 5.74) is 6.59. The molecule has 2 aliphatic heterocycles. The molecular formula is C18H27ClN2O3. The Hall–Kier alpha value is -1.30. The van der Waals surface area contributed by atoms with Crippen LogP contribution in [0.5, 0.6) is 5.75 Å². The van der Waals surface area contributed by atoms with Crippen molar-refractivity contribution in [2.24, 2.45) is 11.1 Å². The van der Waals surface area contributed by atoms with Crippen molar-refractivity contribution in [3.63, 3.8) is 0 Å². The minimum atomic E-state index is 0. The highest BCUT2D eigenvalue weighted by Gasteiger charge is 2.35. The SMILES string of the molecule is CC1(CN)CCN(C(=O)c2ccc(OC3CCOCC3)cc2)C1.Cl. The molecule has 0 spiro atoms. The fraction of sp³-hybridized carbons (Fsp3) is 0.611. The van der Waals surface area contributed by atoms with Gasteiger partial charge in [-0.05, 0) is 42.6 Å². The molecule has 1 amide bonds. The topological polar surface area (TPSA) is 64.8 Å². The van der Waals surface area contributed by atoms with E-state index in [0.29, 0.717) is 12.1 Å². The van der Waals surface area contributed by atoms with Crippen LogP contribution in [0.3, 0.4) is 0 Å². The second kappa shape index (κ2) is 8.19. The van der Waals surface area contributed by atoms with Crippen molar-refractivity contribution >= 4 is 18.3 Å². The predicted octanol–water partition coefficient (Wildman–Crippen LogP) is 2.48. The largest absolute Gasteiger partial charge is 0.490 e. The van der Waals surface area contributed by atoms with Crippen molar-refractivity contribution in [2.45, 2.75) is 32.3 Å². The van der Waals surface area contributed by atoms with Crippen molar-refractivity contribution in [3.05, 3.63) is 29.8 Å². The van der Waals surface area contributed by atoms with Crippen LogP contribution < -0.4 is 10.5 Å². The van der Waals surface area contributed by atoms with Crippen LogP contribution >= 0.6 is 12.4 Å². The van der Waals surface area contributed by atoms with E-state index in [1.807, 2.05) is 29.2 Å². The minimum absolute atomic E-state index is 0. The lowest BCUT2D eigenvalue weighted by Gasteiger charge is -2.24. The third-order valence-corrected chi connectivity index (χ3v) is 4.91. The molecule has 0 saturated carbocycles. The van der Waals surface area contributed by atoms with Gasteiger partial charge in [-0.2, -0.15) is 0 Å². The van der Waals surface area contributed by atoms with Crippen LogP contribution in [0.25, 0.3) is 0 Å². The molecule has 1 aromatic carbocycles. The molecule has 2 fully saturated rings. The molecule has 0 aliphatic carbocycles. The smallest absolute Gasteiger partial charge is 0.253 e. The Bertz CT molecular complexity index is 546. The molecule has 1 aromatic rings. The molecule has 5 nitrogen and oxygen atoms in total. The molecule has 134 valence electrons. The second-order valence-electron chi connectivity index (χ2n) is 6.95. The predicted molar refractivity (Wildman–Crippen MR) is 95.8 cm³/mol. The molecule has 1 unspecified atom stereocenters. The number of ether oxygens (including phenoxy) is 2. The zero-order valence-corrected chi connectivity index (χ0v) is 15.0. The summed E-state index contributed by atoms with van der Waals surface area (Å²) < 4.78 is 11.3. The molecule has 0 radical (unpaired) electrons. The Balaban J connectivity index is 0.00000208. The zero-order chi connectivity index (χ0) is 16.3. The van der Waals surface area contributed by atoms with Gasteiger partial charge in [-0.1, -0.05) is 6.92 Å². The summed E-state index contributed by atoms with van der Waals surface area (Å²) in [4.78, 5) is 14.5. The van der Waals surface area contributed by atoms with Gasteiger partial charge in [-0.15, -0.1) is 12.4 Å². The van der Waals surface area contributed by atoms with Gasteiger partial charge < -0.3 is 20.1 Å². The molecule has 1 atom stereocenters. The summed E-state index contributed by atoms with van der Waals surface area (Å²) in [5.74, 6) is 0.904. The van der Waals surface area contributed by atoms with E-state index < -0.39 is 0 Å². The van der Waals surface area contributed by atoms with Gasteiger partial charge in [0.2, 0.25) is 0 Å². The monoisotopic (exact) mass is 354 g/mol. The van der Waals surface area contributed by atoms with Gasteiger partial charge >= 0.3 is 0 Å². The van der Waals surface area contributed by atoms with Crippen LogP contribution in [-0.4, -0.2) is 49.8 Å². The highest BCUT2D eigenvalue weighted by Crippen LogP contribution is 2.29. The first-order valence-corrected chi connectivity index (χ1v) is 8.43. The standard InChI is InChI=1S/C18H26N2O3.ClH/c1-18(12-19)8-9-20(13-18)17(21)14-2-4-15(5-3-14)23-16-6-10-22-11-7-16;/h2-5,16H,6-13,19H2,1H3;1H. The molecular weight excluding hydrogens is 328 g/mol. The Morgan fingerprint density at radius 3 is 2.58 bits per heavy atom. The van der Waals surface area contributed by atoms with E-state index in [1.54, 1.807) is 0 Å². The summed E-state index contributed by atoms with van der Waals surface area (Å²) >= 11 is 0. The highest BCUT2D eigenvalue weighted by molar-refractivity contribution is 5.94. The van der Waals surface area contributed by atoms with Crippen LogP contribution in [0.1, 0.15) is 36.5 Å². The number of benzene rings is 1. The third-order valence-electron chi connectivity index (χ3n) is 4.91. The van der Waals surface area contributed by atoms with E-state index in [9.17, 15) is 4.79 Å². The first kappa shape index (κ1) is 19.0. The summed E-state index contributed by atoms with van der Waals surface area (Å²) in [6.07, 6.45) is 3.03. The molecule has 0 bridgehead atoms. The number of nitrogens with two attached hydrogens (primary N) is 1. The first-order chi connectivity index (χ1) is 11.1. The van der Waals surface area contributed by atoms with Crippen molar-refractivity contribution in [1.82, 2.24) is 4.90 Å². The number of amides is 1. The zero-order valence-electron chi connectivity index (χ0n) is 14.2. The lowest BCUT2D eigenvalue weighted by molar-refractivity contribution is 0.0256. The molecule has 2 saturated heterocycles. The van der Waals surface area contributed by atoms with E-state index in [0.717, 1.165) is 51.3 Å². The van der Waals surface area contributed by atoms with E-state index >= 15 is 0 Å². The quantitative estimate of drug-likeness (QED) is 0.902. The van der Waals surface area contributed by atoms with E-state index in [-0.39, 0.29) is 29.8 Å². The van der Waals surface area contributed by atoms with Crippen LogP contribution in [0.4, 0.5) is 0 Å². The summed E-state index contributed by atoms with van der Waals surface area (Å²) in [7, 11) is 0. The number of carbonyl (C=O) groups excluding carboxylic acids is 1. The molecule has 2 N–H and O–H groups in total. The fourth-order valence-electron chi connectivity index (χ4n) is 3.21. The summed E-state index contributed by atoms with van der Waals surface area (Å²) in [6.45, 7) is 5.81. The molecule has 6 heteroatoms. The van der Waals surface area contributed by atoms with Gasteiger partial charge in [0.25, 0.3) is 5.91 Å². The number of hydrogen-bond acceptors (Lipinski definition) is 4. The number of rotatable bonds is 4. The van der Waals surface area contributed by atoms with Crippen molar-refractivity contribution in [3.8, 4) is 5.75 Å². The van der Waals surface area contributed by atoms with Crippen LogP contribution in [0.2, 0.25) is 0 Å². The molecule has 0 aromatic heterocycles. The summed E-state index contributed by atoms with van der Waals surface area (Å²) in [6, 6.07) is 7.49. The maximum atomic E-state index is 12.6. The Morgan fingerprint density at radius 2 is 2.00 bits per heavy atom. The second-order valence-corrected chi connectivity index (χ2v) is 6.95. The number of carbonyl (C=O) groups is 1. The Kier molecular flexibility index (Phi) is 6.49. The Labute approximate surface area is 149 Å². The van der Waals surface area contributed by atoms with E-state index in [1.165, 1.54) is 0 Å². The Morgan fingerprint density at radius 1 is 1.33 bits per heavy atom. The van der Waals surface area contributed by atoms with E-state index in [2.05, 4.69) is 6.92 Å². The number of likely N-dealkylation sites (tertiary alicyclic amines) is 1. The minimum Gasteiger partial charge on any atom is -0.490 e. The third kappa shape index (κ3) is 4.41. The number of halogens is 1. The number of nitrogens with zero attached hydrogens (tertiary/aromatic N) is 1. The molecule has 2 heterocycles. The maximum Gasteiger partial charge on any atom is 0.253 e. The van der Waals surface area contributed by atoms with Crippen LogP contribution in [0, 0.1) is 5.41 Å². The highest BCUT2D eigenvalue weighted by atomic mass is 35.5. The molecule has 24 heavy (non-hydrogen) atoms. The van der Waals surface area contributed by atoms with Gasteiger partial charge in [0.1, 0.15) is 11.9 Å². The first-order valence-electron chi connectivity index (χ1n) is 8.43. The van der Waals surface area contributed by atoms with Gasteiger partial charge in [-0.3, -0.25) is 4.79 Å². The van der Waals surface area contributed by atoms with Gasteiger partial charge in [0.05, 0.1) is 13.2 Å². The maximum absolute atomic E-state index is 12.6. The molecule has 3 rings (SSSR count). The van der Waals surface area contributed by atoms with Crippen molar-refractivity contribution < 1.29 is 14.3 Å². The van der Waals surface area contributed by atoms with Gasteiger partial charge in [0.15, 0.2) is 0 Å². The normalized spacial score (nSPS) is 24.5. The van der Waals surface area contributed by atoms with Crippen molar-refractivity contribution in [1.29, 1.82) is 0 Å². The van der Waals surface area contributed by atoms with Gasteiger partial charge in [0, 0.05) is 31.5 Å². The van der Waals surface area contributed by atoms with Gasteiger partial charge in [-0.25, -0.2) is 0 Å². The summed E-state index contributed by atoms with van der Waals surface area (Å²) in [5, 5.41) is 0. The average molecular weight is 355 g/mol. The number of hydrogen-bond donors (Lipinski definition) is 1. The lowest BCUT2D eigenvalue weighted by atomic mass is 9.90. The molecule has 2 aliphatic rings. The van der Waals surface area contributed by atoms with Crippen LogP contribution in [-0.2, 0) is 4.74 Å². The van der Waals surface area contributed by atoms with E-state index in [4.69, 9.17) is 15.2 Å². The lowest BCUT2D eigenvalue weighted by Crippen LogP contribution is -2.34. The fourth-order valence-corrected chi connectivity index (χ4v) is 3.21. The average Bonchev–Trinajstić information content (AvgIpc) is 2.99.